The van der Waals surface area contributed by atoms with Crippen molar-refractivity contribution in [3.8, 4) is 0 Å². The molecule has 0 saturated heterocycles. The van der Waals surface area contributed by atoms with E-state index in [0.717, 1.165) is 38.5 Å². The van der Waals surface area contributed by atoms with E-state index in [1.165, 1.54) is 0 Å². The number of nitrogens with two attached hydrogens (primary N) is 2. The Hall–Kier alpha value is -0.390. The summed E-state index contributed by atoms with van der Waals surface area (Å²) in [5.41, 5.74) is 5.41. The summed E-state index contributed by atoms with van der Waals surface area (Å²) in [5.74, 6) is 0.868. The molecule has 2 aliphatic carbocycles. The van der Waals surface area contributed by atoms with Crippen molar-refractivity contribution in [2.24, 2.45) is 22.7 Å². The van der Waals surface area contributed by atoms with Crippen LogP contribution in [0, 0.1) is 11.8 Å². The molecule has 0 spiro atoms. The lowest BCUT2D eigenvalue weighted by atomic mass is 9.99. The lowest BCUT2D eigenvalue weighted by Gasteiger charge is -2.20. The molecule has 0 bridgehead atoms. The average Bonchev–Trinajstić information content (AvgIpc) is 3.19. The van der Waals surface area contributed by atoms with Gasteiger partial charge in [-0.3, -0.25) is 0 Å². The fourth-order valence-corrected chi connectivity index (χ4v) is 3.81. The zero-order chi connectivity index (χ0) is 14.7. The minimum absolute atomic E-state index is 0.224. The van der Waals surface area contributed by atoms with E-state index < -0.39 is 14.8 Å². The molecule has 3 atom stereocenters. The molecule has 4 nitrogen and oxygen atoms in total. The monoisotopic (exact) mass is 288 g/mol. The van der Waals surface area contributed by atoms with Gasteiger partial charge in [0, 0.05) is 6.04 Å². The number of hydrogen-bond acceptors (Lipinski definition) is 3. The Morgan fingerprint density at radius 2 is 2.00 bits per heavy atom. The Morgan fingerprint density at radius 1 is 1.47 bits per heavy atom. The van der Waals surface area contributed by atoms with E-state index in [1.807, 2.05) is 13.0 Å². The molecule has 0 aromatic carbocycles. The van der Waals surface area contributed by atoms with E-state index >= 15 is 0 Å². The lowest BCUT2D eigenvalue weighted by Crippen LogP contribution is -2.36. The van der Waals surface area contributed by atoms with Crippen LogP contribution in [0.1, 0.15) is 52.4 Å². The second-order valence-electron chi connectivity index (χ2n) is 5.95. The molecule has 0 aliphatic heterocycles. The summed E-state index contributed by atoms with van der Waals surface area (Å²) >= 11 is 0. The molecule has 2 aliphatic rings. The van der Waals surface area contributed by atoms with Gasteiger partial charge in [0.25, 0.3) is 0 Å². The summed E-state index contributed by atoms with van der Waals surface area (Å²) in [6.07, 6.45) is 7.79. The molecule has 19 heavy (non-hydrogen) atoms. The zero-order valence-electron chi connectivity index (χ0n) is 12.1. The van der Waals surface area contributed by atoms with Crippen molar-refractivity contribution in [2.75, 3.05) is 0 Å². The van der Waals surface area contributed by atoms with Crippen molar-refractivity contribution in [1.82, 2.24) is 0 Å². The first-order chi connectivity index (χ1) is 8.78. The quantitative estimate of drug-likeness (QED) is 0.734. The van der Waals surface area contributed by atoms with Crippen molar-refractivity contribution < 1.29 is 8.42 Å². The van der Waals surface area contributed by atoms with E-state index in [9.17, 15) is 8.42 Å². The smallest absolute Gasteiger partial charge is 0.215 e. The van der Waals surface area contributed by atoms with Crippen LogP contribution >= 0.6 is 0 Å². The first-order valence-corrected chi connectivity index (χ1v) is 8.73. The fourth-order valence-electron chi connectivity index (χ4n) is 2.46. The highest BCUT2D eigenvalue weighted by atomic mass is 32.2. The van der Waals surface area contributed by atoms with Crippen molar-refractivity contribution in [3.63, 3.8) is 0 Å². The number of sulfonamides is 1. The normalized spacial score (nSPS) is 28.8. The molecular formula is C14H28N2O2S. The zero-order valence-corrected chi connectivity index (χ0v) is 13.0. The van der Waals surface area contributed by atoms with Crippen LogP contribution in [-0.2, 0) is 10.0 Å². The Balaban J connectivity index is 0.000000250. The van der Waals surface area contributed by atoms with E-state index in [0.29, 0.717) is 12.0 Å². The van der Waals surface area contributed by atoms with Gasteiger partial charge in [-0.25, -0.2) is 13.6 Å². The molecule has 0 aromatic heterocycles. The Kier molecular flexibility index (Phi) is 5.59. The molecule has 0 aromatic rings. The largest absolute Gasteiger partial charge is 0.327 e. The maximum absolute atomic E-state index is 11.3. The Bertz CT molecular complexity index is 402. The SMILES string of the molecule is C=C[C@H]1C[C@H]1N.CCCCC(C)C1(S(N)(=O)=O)CC1. The number of rotatable bonds is 6. The predicted molar refractivity (Wildman–Crippen MR) is 80.0 cm³/mol. The van der Waals surface area contributed by atoms with E-state index in [4.69, 9.17) is 10.9 Å². The van der Waals surface area contributed by atoms with Gasteiger partial charge in [-0.05, 0) is 37.5 Å². The second kappa shape index (κ2) is 6.37. The highest BCUT2D eigenvalue weighted by Gasteiger charge is 2.56. The maximum Gasteiger partial charge on any atom is 0.215 e. The highest BCUT2D eigenvalue weighted by Crippen LogP contribution is 2.49. The molecule has 4 N–H and O–H groups in total. The average molecular weight is 288 g/mol. The molecule has 5 heteroatoms. The van der Waals surface area contributed by atoms with Gasteiger partial charge >= 0.3 is 0 Å². The van der Waals surface area contributed by atoms with Gasteiger partial charge < -0.3 is 5.73 Å². The van der Waals surface area contributed by atoms with Gasteiger partial charge in [0.2, 0.25) is 10.0 Å². The fraction of sp³-hybridized carbons (Fsp3) is 0.857. The maximum atomic E-state index is 11.3. The van der Waals surface area contributed by atoms with Crippen molar-refractivity contribution in [1.29, 1.82) is 0 Å². The van der Waals surface area contributed by atoms with Crippen LogP contribution < -0.4 is 10.9 Å². The van der Waals surface area contributed by atoms with Gasteiger partial charge in [0.1, 0.15) is 0 Å². The number of unbranched alkanes of at least 4 members (excludes halogenated alkanes) is 1. The van der Waals surface area contributed by atoms with E-state index in [1.54, 1.807) is 0 Å². The van der Waals surface area contributed by atoms with Crippen molar-refractivity contribution >= 4 is 10.0 Å². The summed E-state index contributed by atoms with van der Waals surface area (Å²) in [6.45, 7) is 7.71. The number of primary sulfonamides is 1. The molecule has 2 fully saturated rings. The summed E-state index contributed by atoms with van der Waals surface area (Å²) in [6, 6.07) is 0.447. The number of hydrogen-bond donors (Lipinski definition) is 2. The minimum atomic E-state index is -3.32. The van der Waals surface area contributed by atoms with Crippen molar-refractivity contribution in [2.45, 2.75) is 63.2 Å². The molecule has 112 valence electrons. The molecule has 2 rings (SSSR count). The molecule has 1 unspecified atom stereocenters. The molecular weight excluding hydrogens is 260 g/mol. The minimum Gasteiger partial charge on any atom is -0.327 e. The molecule has 0 amide bonds. The van der Waals surface area contributed by atoms with Crippen LogP contribution in [0.3, 0.4) is 0 Å². The summed E-state index contributed by atoms with van der Waals surface area (Å²) in [7, 11) is -3.32. The van der Waals surface area contributed by atoms with Crippen molar-refractivity contribution in [3.05, 3.63) is 12.7 Å². The lowest BCUT2D eigenvalue weighted by molar-refractivity contribution is 0.451. The van der Waals surface area contributed by atoms with Gasteiger partial charge in [0.15, 0.2) is 0 Å². The third kappa shape index (κ3) is 4.29. The first kappa shape index (κ1) is 16.7. The van der Waals surface area contributed by atoms with Gasteiger partial charge in [0.05, 0.1) is 4.75 Å². The third-order valence-corrected chi connectivity index (χ3v) is 6.34. The van der Waals surface area contributed by atoms with Crippen LogP contribution in [0.15, 0.2) is 12.7 Å². The van der Waals surface area contributed by atoms with E-state index in [-0.39, 0.29) is 5.92 Å². The van der Waals surface area contributed by atoms with Crippen LogP contribution in [-0.4, -0.2) is 19.2 Å². The second-order valence-corrected chi connectivity index (χ2v) is 7.86. The van der Waals surface area contributed by atoms with Crippen LogP contribution in [0.4, 0.5) is 0 Å². The van der Waals surface area contributed by atoms with Gasteiger partial charge in [-0.15, -0.1) is 6.58 Å². The first-order valence-electron chi connectivity index (χ1n) is 7.19. The van der Waals surface area contributed by atoms with Crippen LogP contribution in [0.2, 0.25) is 0 Å². The molecule has 2 saturated carbocycles. The van der Waals surface area contributed by atoms with Crippen LogP contribution in [0.25, 0.3) is 0 Å². The predicted octanol–water partition coefficient (Wildman–Crippen LogP) is 2.15. The van der Waals surface area contributed by atoms with Crippen LogP contribution in [0.5, 0.6) is 0 Å². The Morgan fingerprint density at radius 3 is 2.21 bits per heavy atom. The molecule has 0 radical (unpaired) electrons. The topological polar surface area (TPSA) is 86.2 Å². The van der Waals surface area contributed by atoms with E-state index in [2.05, 4.69) is 13.5 Å². The molecule has 0 heterocycles. The highest BCUT2D eigenvalue weighted by molar-refractivity contribution is 7.90. The summed E-state index contributed by atoms with van der Waals surface area (Å²) in [5, 5.41) is 5.22. The van der Waals surface area contributed by atoms with Gasteiger partial charge in [-0.1, -0.05) is 32.8 Å². The summed E-state index contributed by atoms with van der Waals surface area (Å²) < 4.78 is 22.0. The van der Waals surface area contributed by atoms with Gasteiger partial charge in [-0.2, -0.15) is 0 Å². The third-order valence-electron chi connectivity index (χ3n) is 4.39. The standard InChI is InChI=1S/C9H19NO2S.C5H9N/c1-3-4-5-8(2)9(6-7-9)13(10,11)12;1-2-4-3-5(4)6/h8H,3-7H2,1-2H3,(H2,10,11,12);2,4-5H,1,3,6H2/t;4-,5+/m.0/s1. The Labute approximate surface area is 117 Å². The summed E-state index contributed by atoms with van der Waals surface area (Å²) in [4.78, 5) is 0.